The predicted octanol–water partition coefficient (Wildman–Crippen LogP) is 1.75. The summed E-state index contributed by atoms with van der Waals surface area (Å²) in [5.74, 6) is 0.410. The summed E-state index contributed by atoms with van der Waals surface area (Å²) in [5.41, 5.74) is -0.381. The minimum Gasteiger partial charge on any atom is -0.302 e. The molecular formula is C10H14O2. The molecule has 0 saturated carbocycles. The number of carbonyl (C=O) groups is 2. The third-order valence-corrected chi connectivity index (χ3v) is 2.68. The molecule has 0 amide bonds. The minimum atomic E-state index is -0.381. The molecule has 2 nitrogen and oxygen atoms in total. The smallest absolute Gasteiger partial charge is 0.155 e. The maximum Gasteiger partial charge on any atom is 0.155 e. The Bertz CT molecular complexity index is 228. The van der Waals surface area contributed by atoms with Crippen LogP contribution in [0.25, 0.3) is 0 Å². The van der Waals surface area contributed by atoms with Crippen molar-refractivity contribution in [3.63, 3.8) is 0 Å². The molecule has 0 aromatic carbocycles. The zero-order valence-electron chi connectivity index (χ0n) is 7.54. The SMILES string of the molecule is CC(C)C1(C=O)C=CC(=O)CC1. The maximum absolute atomic E-state index is 10.9. The van der Waals surface area contributed by atoms with Gasteiger partial charge in [-0.25, -0.2) is 0 Å². The van der Waals surface area contributed by atoms with E-state index >= 15 is 0 Å². The Labute approximate surface area is 72.7 Å². The van der Waals surface area contributed by atoms with Crippen molar-refractivity contribution in [1.29, 1.82) is 0 Å². The lowest BCUT2D eigenvalue weighted by Gasteiger charge is -2.30. The van der Waals surface area contributed by atoms with Gasteiger partial charge in [0.15, 0.2) is 5.78 Å². The molecule has 0 saturated heterocycles. The van der Waals surface area contributed by atoms with Crippen LogP contribution in [0.5, 0.6) is 0 Å². The van der Waals surface area contributed by atoms with Crippen LogP contribution in [0.2, 0.25) is 0 Å². The largest absolute Gasteiger partial charge is 0.302 e. The standard InChI is InChI=1S/C10H14O2/c1-8(2)10(7-11)5-3-9(12)4-6-10/h3,5,7-8H,4,6H2,1-2H3. The topological polar surface area (TPSA) is 34.1 Å². The Morgan fingerprint density at radius 1 is 1.58 bits per heavy atom. The van der Waals surface area contributed by atoms with Crippen LogP contribution in [0.3, 0.4) is 0 Å². The molecule has 0 N–H and O–H groups in total. The van der Waals surface area contributed by atoms with Crippen LogP contribution in [0, 0.1) is 11.3 Å². The van der Waals surface area contributed by atoms with Crippen LogP contribution in [-0.2, 0) is 9.59 Å². The van der Waals surface area contributed by atoms with Crippen molar-refractivity contribution in [3.8, 4) is 0 Å². The predicted molar refractivity (Wildman–Crippen MR) is 46.7 cm³/mol. The highest BCUT2D eigenvalue weighted by Crippen LogP contribution is 2.34. The summed E-state index contributed by atoms with van der Waals surface area (Å²) in [4.78, 5) is 21.8. The van der Waals surface area contributed by atoms with E-state index in [1.54, 1.807) is 6.08 Å². The van der Waals surface area contributed by atoms with Crippen LogP contribution in [-0.4, -0.2) is 12.1 Å². The third-order valence-electron chi connectivity index (χ3n) is 2.68. The molecule has 1 aliphatic carbocycles. The second kappa shape index (κ2) is 3.21. The van der Waals surface area contributed by atoms with E-state index in [4.69, 9.17) is 0 Å². The lowest BCUT2D eigenvalue weighted by atomic mass is 9.72. The van der Waals surface area contributed by atoms with Crippen molar-refractivity contribution in [1.82, 2.24) is 0 Å². The van der Waals surface area contributed by atoms with Crippen LogP contribution < -0.4 is 0 Å². The molecule has 12 heavy (non-hydrogen) atoms. The highest BCUT2D eigenvalue weighted by Gasteiger charge is 2.33. The summed E-state index contributed by atoms with van der Waals surface area (Å²) in [6.07, 6.45) is 5.45. The molecule has 0 fully saturated rings. The fraction of sp³-hybridized carbons (Fsp3) is 0.600. The lowest BCUT2D eigenvalue weighted by molar-refractivity contribution is -0.119. The van der Waals surface area contributed by atoms with E-state index in [1.807, 2.05) is 13.8 Å². The lowest BCUT2D eigenvalue weighted by Crippen LogP contribution is -2.30. The van der Waals surface area contributed by atoms with E-state index in [0.717, 1.165) is 6.29 Å². The van der Waals surface area contributed by atoms with Crippen molar-refractivity contribution in [3.05, 3.63) is 12.2 Å². The first kappa shape index (κ1) is 9.17. The van der Waals surface area contributed by atoms with Gasteiger partial charge in [-0.15, -0.1) is 0 Å². The number of ketones is 1. The number of aldehydes is 1. The highest BCUT2D eigenvalue weighted by molar-refractivity contribution is 5.92. The molecule has 0 aromatic heterocycles. The minimum absolute atomic E-state index is 0.133. The molecular weight excluding hydrogens is 152 g/mol. The Balaban J connectivity index is 2.89. The number of carbonyl (C=O) groups excluding carboxylic acids is 2. The van der Waals surface area contributed by atoms with E-state index in [9.17, 15) is 9.59 Å². The van der Waals surface area contributed by atoms with Gasteiger partial charge in [-0.2, -0.15) is 0 Å². The molecule has 66 valence electrons. The molecule has 0 heterocycles. The van der Waals surface area contributed by atoms with Gasteiger partial charge in [-0.3, -0.25) is 4.79 Å². The molecule has 1 unspecified atom stereocenters. The second-order valence-corrected chi connectivity index (χ2v) is 3.68. The number of rotatable bonds is 2. The molecule has 0 aliphatic heterocycles. The Morgan fingerprint density at radius 3 is 2.58 bits per heavy atom. The van der Waals surface area contributed by atoms with Gasteiger partial charge in [-0.05, 0) is 18.4 Å². The fourth-order valence-corrected chi connectivity index (χ4v) is 1.47. The van der Waals surface area contributed by atoms with E-state index in [0.29, 0.717) is 12.8 Å². The first-order chi connectivity index (χ1) is 5.60. The molecule has 0 spiro atoms. The summed E-state index contributed by atoms with van der Waals surface area (Å²) in [6, 6.07) is 0. The Kier molecular flexibility index (Phi) is 2.46. The highest BCUT2D eigenvalue weighted by atomic mass is 16.1. The average molecular weight is 166 g/mol. The van der Waals surface area contributed by atoms with Crippen molar-refractivity contribution < 1.29 is 9.59 Å². The van der Waals surface area contributed by atoms with Crippen molar-refractivity contribution in [2.75, 3.05) is 0 Å². The van der Waals surface area contributed by atoms with Crippen LogP contribution >= 0.6 is 0 Å². The van der Waals surface area contributed by atoms with E-state index in [1.165, 1.54) is 6.08 Å². The normalized spacial score (nSPS) is 29.4. The fourth-order valence-electron chi connectivity index (χ4n) is 1.47. The molecule has 0 aromatic rings. The summed E-state index contributed by atoms with van der Waals surface area (Å²) >= 11 is 0. The van der Waals surface area contributed by atoms with E-state index in [-0.39, 0.29) is 17.1 Å². The molecule has 1 rings (SSSR count). The first-order valence-corrected chi connectivity index (χ1v) is 4.29. The zero-order chi connectivity index (χ0) is 9.19. The molecule has 0 bridgehead atoms. The quantitative estimate of drug-likeness (QED) is 0.585. The van der Waals surface area contributed by atoms with Crippen LogP contribution in [0.4, 0.5) is 0 Å². The summed E-state index contributed by atoms with van der Waals surface area (Å²) in [5, 5.41) is 0. The third kappa shape index (κ3) is 1.47. The Morgan fingerprint density at radius 2 is 2.25 bits per heavy atom. The summed E-state index contributed by atoms with van der Waals surface area (Å²) in [6.45, 7) is 4.02. The maximum atomic E-state index is 10.9. The summed E-state index contributed by atoms with van der Waals surface area (Å²) < 4.78 is 0. The van der Waals surface area contributed by atoms with Gasteiger partial charge in [0.25, 0.3) is 0 Å². The molecule has 1 atom stereocenters. The number of hydrogen-bond acceptors (Lipinski definition) is 2. The van der Waals surface area contributed by atoms with Gasteiger partial charge in [0, 0.05) is 11.8 Å². The molecule has 1 aliphatic rings. The first-order valence-electron chi connectivity index (χ1n) is 4.29. The van der Waals surface area contributed by atoms with Crippen molar-refractivity contribution in [2.24, 2.45) is 11.3 Å². The van der Waals surface area contributed by atoms with Crippen molar-refractivity contribution in [2.45, 2.75) is 26.7 Å². The van der Waals surface area contributed by atoms with Gasteiger partial charge in [-0.1, -0.05) is 19.9 Å². The van der Waals surface area contributed by atoms with Gasteiger partial charge in [0.1, 0.15) is 6.29 Å². The number of hydrogen-bond donors (Lipinski definition) is 0. The van der Waals surface area contributed by atoms with Crippen LogP contribution in [0.1, 0.15) is 26.7 Å². The van der Waals surface area contributed by atoms with E-state index in [2.05, 4.69) is 0 Å². The second-order valence-electron chi connectivity index (χ2n) is 3.68. The molecule has 0 radical (unpaired) electrons. The van der Waals surface area contributed by atoms with Crippen LogP contribution in [0.15, 0.2) is 12.2 Å². The monoisotopic (exact) mass is 166 g/mol. The van der Waals surface area contributed by atoms with Gasteiger partial charge >= 0.3 is 0 Å². The zero-order valence-corrected chi connectivity index (χ0v) is 7.54. The molecule has 2 heteroatoms. The van der Waals surface area contributed by atoms with E-state index < -0.39 is 0 Å². The number of allylic oxidation sites excluding steroid dienone is 2. The Hall–Kier alpha value is -0.920. The van der Waals surface area contributed by atoms with Gasteiger partial charge < -0.3 is 4.79 Å². The summed E-state index contributed by atoms with van der Waals surface area (Å²) in [7, 11) is 0. The van der Waals surface area contributed by atoms with Gasteiger partial charge in [0.05, 0.1) is 0 Å². The average Bonchev–Trinajstić information content (AvgIpc) is 2.06. The van der Waals surface area contributed by atoms with Crippen molar-refractivity contribution >= 4 is 12.1 Å². The van der Waals surface area contributed by atoms with Gasteiger partial charge in [0.2, 0.25) is 0 Å².